The quantitative estimate of drug-likeness (QED) is 0.480. The summed E-state index contributed by atoms with van der Waals surface area (Å²) in [4.78, 5) is 25.8. The van der Waals surface area contributed by atoms with Crippen LogP contribution in [-0.2, 0) is 9.53 Å². The van der Waals surface area contributed by atoms with Gasteiger partial charge in [-0.3, -0.25) is 4.79 Å². The fourth-order valence-electron chi connectivity index (χ4n) is 2.18. The number of ether oxygens (including phenoxy) is 1. The molecule has 6 heteroatoms. The van der Waals surface area contributed by atoms with Gasteiger partial charge in [-0.15, -0.1) is 0 Å². The number of carbonyl (C=O) groups is 2. The number of nitrogens with zero attached hydrogens (tertiary/aromatic N) is 2. The first-order valence-electron chi connectivity index (χ1n) is 7.23. The lowest BCUT2D eigenvalue weighted by atomic mass is 10.2. The number of pyridine rings is 1. The van der Waals surface area contributed by atoms with E-state index >= 15 is 0 Å². The molecule has 0 N–H and O–H groups in total. The number of carbonyl (C=O) groups excluding carboxylic acids is 2. The number of hydrogen-bond donors (Lipinski definition) is 0. The highest BCUT2D eigenvalue weighted by atomic mass is 16.5. The van der Waals surface area contributed by atoms with E-state index in [0.29, 0.717) is 4.73 Å². The Morgan fingerprint density at radius 1 is 1.13 bits per heavy atom. The Hall–Kier alpha value is -2.89. The largest absolute Gasteiger partial charge is 0.618 e. The number of esters is 1. The lowest BCUT2D eigenvalue weighted by Crippen LogP contribution is -2.41. The predicted octanol–water partition coefficient (Wildman–Crippen LogP) is 1.92. The van der Waals surface area contributed by atoms with Gasteiger partial charge in [-0.25, -0.2) is 4.79 Å². The van der Waals surface area contributed by atoms with Gasteiger partial charge in [0.05, 0.1) is 0 Å². The maximum atomic E-state index is 12.4. The Labute approximate surface area is 134 Å². The van der Waals surface area contributed by atoms with E-state index in [1.165, 1.54) is 18.3 Å². The lowest BCUT2D eigenvalue weighted by molar-refractivity contribution is -0.608. The maximum Gasteiger partial charge on any atom is 0.405 e. The molecule has 2 rings (SSSR count). The van der Waals surface area contributed by atoms with Crippen molar-refractivity contribution in [2.24, 2.45) is 0 Å². The number of benzene rings is 1. The SMILES string of the molecule is CC(C)N(C(=O)COC(=O)c1cccc[n+]1[O-])c1ccccc1. The van der Waals surface area contributed by atoms with E-state index in [1.807, 2.05) is 44.2 Å². The van der Waals surface area contributed by atoms with Gasteiger partial charge < -0.3 is 14.8 Å². The van der Waals surface area contributed by atoms with E-state index in [1.54, 1.807) is 11.0 Å². The van der Waals surface area contributed by atoms with Gasteiger partial charge in [0.2, 0.25) is 0 Å². The molecule has 2 aromatic rings. The normalized spacial score (nSPS) is 10.4. The molecule has 0 radical (unpaired) electrons. The molecule has 1 amide bonds. The summed E-state index contributed by atoms with van der Waals surface area (Å²) in [5.41, 5.74) is 0.568. The monoisotopic (exact) mass is 314 g/mol. The molecule has 6 nitrogen and oxygen atoms in total. The number of rotatable bonds is 5. The molecule has 0 spiro atoms. The van der Waals surface area contributed by atoms with Crippen molar-refractivity contribution in [2.45, 2.75) is 19.9 Å². The van der Waals surface area contributed by atoms with Crippen molar-refractivity contribution in [3.05, 3.63) is 65.6 Å². The van der Waals surface area contributed by atoms with Crippen LogP contribution in [0.15, 0.2) is 54.7 Å². The first-order chi connectivity index (χ1) is 11.0. The van der Waals surface area contributed by atoms with Crippen molar-refractivity contribution in [1.29, 1.82) is 0 Å². The zero-order valence-electron chi connectivity index (χ0n) is 13.0. The number of aromatic nitrogens is 1. The molecular formula is C17H18N2O4. The predicted molar refractivity (Wildman–Crippen MR) is 84.7 cm³/mol. The molecule has 1 heterocycles. The van der Waals surface area contributed by atoms with E-state index in [2.05, 4.69) is 0 Å². The van der Waals surface area contributed by atoms with Crippen LogP contribution in [0.5, 0.6) is 0 Å². The molecule has 0 unspecified atom stereocenters. The summed E-state index contributed by atoms with van der Waals surface area (Å²) in [6.45, 7) is 3.31. The second-order valence-electron chi connectivity index (χ2n) is 5.18. The zero-order valence-corrected chi connectivity index (χ0v) is 13.0. The molecule has 0 atom stereocenters. The lowest BCUT2D eigenvalue weighted by Gasteiger charge is -2.26. The molecule has 0 saturated carbocycles. The van der Waals surface area contributed by atoms with Crippen LogP contribution >= 0.6 is 0 Å². The van der Waals surface area contributed by atoms with Crippen molar-refractivity contribution in [3.8, 4) is 0 Å². The summed E-state index contributed by atoms with van der Waals surface area (Å²) in [6, 6.07) is 13.4. The number of hydrogen-bond acceptors (Lipinski definition) is 4. The highest BCUT2D eigenvalue weighted by molar-refractivity contribution is 5.96. The van der Waals surface area contributed by atoms with E-state index in [9.17, 15) is 14.8 Å². The van der Waals surface area contributed by atoms with Crippen LogP contribution in [0, 0.1) is 5.21 Å². The fraction of sp³-hybridized carbons (Fsp3) is 0.235. The number of amides is 1. The molecule has 1 aromatic heterocycles. The van der Waals surface area contributed by atoms with Gasteiger partial charge in [-0.2, -0.15) is 4.73 Å². The van der Waals surface area contributed by atoms with Gasteiger partial charge >= 0.3 is 11.7 Å². The minimum absolute atomic E-state index is 0.0928. The minimum Gasteiger partial charge on any atom is -0.618 e. The van der Waals surface area contributed by atoms with Crippen molar-refractivity contribution in [1.82, 2.24) is 0 Å². The van der Waals surface area contributed by atoms with Crippen LogP contribution in [0.25, 0.3) is 0 Å². The molecular weight excluding hydrogens is 296 g/mol. The zero-order chi connectivity index (χ0) is 16.8. The summed E-state index contributed by atoms with van der Waals surface area (Å²) in [5, 5.41) is 11.5. The van der Waals surface area contributed by atoms with Crippen LogP contribution in [0.2, 0.25) is 0 Å². The van der Waals surface area contributed by atoms with Crippen LogP contribution in [0.4, 0.5) is 5.69 Å². The second-order valence-corrected chi connectivity index (χ2v) is 5.18. The van der Waals surface area contributed by atoms with Gasteiger partial charge in [0.1, 0.15) is 0 Å². The van der Waals surface area contributed by atoms with Gasteiger partial charge in [-0.1, -0.05) is 18.2 Å². The van der Waals surface area contributed by atoms with Crippen LogP contribution in [-0.4, -0.2) is 24.5 Å². The Bertz CT molecular complexity index is 686. The third-order valence-electron chi connectivity index (χ3n) is 3.18. The summed E-state index contributed by atoms with van der Waals surface area (Å²) in [6.07, 6.45) is 1.20. The van der Waals surface area contributed by atoms with Crippen molar-refractivity contribution in [2.75, 3.05) is 11.5 Å². The maximum absolute atomic E-state index is 12.4. The molecule has 1 aromatic carbocycles. The third kappa shape index (κ3) is 4.06. The average Bonchev–Trinajstić information content (AvgIpc) is 2.54. The summed E-state index contributed by atoms with van der Waals surface area (Å²) in [5.74, 6) is -1.18. The molecule has 0 fully saturated rings. The van der Waals surface area contributed by atoms with E-state index in [0.717, 1.165) is 5.69 Å². The highest BCUT2D eigenvalue weighted by Gasteiger charge is 2.23. The van der Waals surface area contributed by atoms with Crippen LogP contribution in [0.3, 0.4) is 0 Å². The fourth-order valence-corrected chi connectivity index (χ4v) is 2.18. The smallest absolute Gasteiger partial charge is 0.405 e. The standard InChI is InChI=1S/C17H18N2O4/c1-13(2)19(14-8-4-3-5-9-14)16(20)12-23-17(21)15-10-6-7-11-18(15)22/h3-11,13H,12H2,1-2H3. The molecule has 120 valence electrons. The molecule has 0 bridgehead atoms. The van der Waals surface area contributed by atoms with E-state index in [4.69, 9.17) is 4.74 Å². The minimum atomic E-state index is -0.828. The molecule has 0 aliphatic rings. The Morgan fingerprint density at radius 3 is 2.39 bits per heavy atom. The summed E-state index contributed by atoms with van der Waals surface area (Å²) >= 11 is 0. The Balaban J connectivity index is 2.06. The van der Waals surface area contributed by atoms with E-state index < -0.39 is 12.6 Å². The van der Waals surface area contributed by atoms with Gasteiger partial charge in [0.15, 0.2) is 12.8 Å². The van der Waals surface area contributed by atoms with Crippen molar-refractivity contribution in [3.63, 3.8) is 0 Å². The molecule has 0 saturated heterocycles. The number of para-hydroxylation sites is 1. The Morgan fingerprint density at radius 2 is 1.78 bits per heavy atom. The average molecular weight is 314 g/mol. The third-order valence-corrected chi connectivity index (χ3v) is 3.18. The van der Waals surface area contributed by atoms with Crippen LogP contribution in [0.1, 0.15) is 24.3 Å². The van der Waals surface area contributed by atoms with Gasteiger partial charge in [0.25, 0.3) is 5.91 Å². The van der Waals surface area contributed by atoms with Gasteiger partial charge in [-0.05, 0) is 32.0 Å². The first kappa shape index (κ1) is 16.5. The summed E-state index contributed by atoms with van der Waals surface area (Å²) in [7, 11) is 0. The van der Waals surface area contributed by atoms with Gasteiger partial charge in [0, 0.05) is 23.9 Å². The van der Waals surface area contributed by atoms with Crippen LogP contribution < -0.4 is 9.63 Å². The van der Waals surface area contributed by atoms with Crippen molar-refractivity contribution >= 4 is 17.6 Å². The van der Waals surface area contributed by atoms with Crippen molar-refractivity contribution < 1.29 is 19.1 Å². The Kier molecular flexibility index (Phi) is 5.30. The molecule has 0 aliphatic carbocycles. The topological polar surface area (TPSA) is 73.5 Å². The highest BCUT2D eigenvalue weighted by Crippen LogP contribution is 2.16. The second kappa shape index (κ2) is 7.40. The molecule has 23 heavy (non-hydrogen) atoms. The summed E-state index contributed by atoms with van der Waals surface area (Å²) < 4.78 is 5.38. The first-order valence-corrected chi connectivity index (χ1v) is 7.23. The molecule has 0 aliphatic heterocycles. The number of anilines is 1. The van der Waals surface area contributed by atoms with E-state index in [-0.39, 0.29) is 17.6 Å².